The number of nitrogens with zero attached hydrogens (tertiary/aromatic N) is 2. The summed E-state index contributed by atoms with van der Waals surface area (Å²) in [5.41, 5.74) is 5.98. The first kappa shape index (κ1) is 24.2. The van der Waals surface area contributed by atoms with Gasteiger partial charge in [-0.15, -0.1) is 0 Å². The molecule has 0 bridgehead atoms. The molecule has 2 aromatic heterocycles. The minimum Gasteiger partial charge on any atom is -0.396 e. The lowest BCUT2D eigenvalue weighted by Gasteiger charge is -2.08. The van der Waals surface area contributed by atoms with Crippen LogP contribution in [-0.2, 0) is 22.6 Å². The van der Waals surface area contributed by atoms with Gasteiger partial charge in [-0.3, -0.25) is 0 Å². The van der Waals surface area contributed by atoms with Crippen LogP contribution in [0.3, 0.4) is 0 Å². The Labute approximate surface area is 211 Å². The van der Waals surface area contributed by atoms with Gasteiger partial charge in [-0.1, -0.05) is 48.6 Å². The van der Waals surface area contributed by atoms with E-state index in [2.05, 4.69) is 100 Å². The van der Waals surface area contributed by atoms with E-state index in [1.807, 2.05) is 0 Å². The fraction of sp³-hybridized carbons (Fsp3) is 0.258. The van der Waals surface area contributed by atoms with Gasteiger partial charge in [0.05, 0.1) is 25.2 Å². The highest BCUT2D eigenvalue weighted by Gasteiger charge is 2.12. The highest BCUT2D eigenvalue weighted by molar-refractivity contribution is 6.08. The SMILES string of the molecule is COCCOCCn1c2ccccc2c2cc(/C=C/c3cc[n+](CCCO)c4ccccc34)ccc21. The summed E-state index contributed by atoms with van der Waals surface area (Å²) in [6.07, 6.45) is 7.25. The molecule has 0 radical (unpaired) electrons. The second-order valence-electron chi connectivity index (χ2n) is 8.94. The molecule has 0 aliphatic heterocycles. The van der Waals surface area contributed by atoms with Gasteiger partial charge in [0.2, 0.25) is 5.52 Å². The van der Waals surface area contributed by atoms with E-state index < -0.39 is 0 Å². The van der Waals surface area contributed by atoms with Gasteiger partial charge in [0.25, 0.3) is 0 Å². The van der Waals surface area contributed by atoms with Crippen LogP contribution < -0.4 is 4.57 Å². The molecule has 0 fully saturated rings. The van der Waals surface area contributed by atoms with Crippen LogP contribution in [-0.4, -0.2) is 43.2 Å². The van der Waals surface area contributed by atoms with E-state index in [4.69, 9.17) is 9.47 Å². The average Bonchev–Trinajstić information content (AvgIpc) is 3.24. The summed E-state index contributed by atoms with van der Waals surface area (Å²) >= 11 is 0. The van der Waals surface area contributed by atoms with Gasteiger partial charge >= 0.3 is 0 Å². The zero-order valence-corrected chi connectivity index (χ0v) is 20.8. The van der Waals surface area contributed by atoms with E-state index in [9.17, 15) is 5.11 Å². The highest BCUT2D eigenvalue weighted by atomic mass is 16.5. The fourth-order valence-corrected chi connectivity index (χ4v) is 4.89. The van der Waals surface area contributed by atoms with Crippen molar-refractivity contribution in [3.05, 3.63) is 90.1 Å². The number of aryl methyl sites for hydroxylation is 1. The van der Waals surface area contributed by atoms with Crippen LogP contribution in [0.4, 0.5) is 0 Å². The number of ether oxygens (including phenoxy) is 2. The molecular weight excluding hydrogens is 448 g/mol. The largest absolute Gasteiger partial charge is 0.396 e. The van der Waals surface area contributed by atoms with E-state index in [1.54, 1.807) is 7.11 Å². The number of aliphatic hydroxyl groups excluding tert-OH is 1. The third kappa shape index (κ3) is 5.05. The molecular formula is C31H33N2O3+. The van der Waals surface area contributed by atoms with E-state index in [0.29, 0.717) is 19.8 Å². The molecule has 0 aliphatic rings. The van der Waals surface area contributed by atoms with Crippen LogP contribution in [0.25, 0.3) is 44.9 Å². The van der Waals surface area contributed by atoms with Crippen LogP contribution in [0.1, 0.15) is 17.5 Å². The number of hydrogen-bond donors (Lipinski definition) is 1. The number of methoxy groups -OCH3 is 1. The van der Waals surface area contributed by atoms with Gasteiger partial charge in [0.1, 0.15) is 0 Å². The Morgan fingerprint density at radius 1 is 0.833 bits per heavy atom. The Balaban J connectivity index is 1.46. The Morgan fingerprint density at radius 2 is 1.64 bits per heavy atom. The molecule has 0 amide bonds. The fourth-order valence-electron chi connectivity index (χ4n) is 4.89. The standard InChI is InChI=1S/C31H33N2O3/c1-35-21-22-36-20-18-33-30-10-5-3-8-27(30)28-23-24(12-14-31(28)33)11-13-25-15-17-32(16-6-19-34)29-9-4-2-7-26(25)29/h2-5,7-15,17,23,34H,6,16,18-22H2,1H3/q+1. The molecule has 5 heteroatoms. The lowest BCUT2D eigenvalue weighted by Crippen LogP contribution is -2.34. The predicted octanol–water partition coefficient (Wildman–Crippen LogP) is 5.45. The van der Waals surface area contributed by atoms with Crippen molar-refractivity contribution < 1.29 is 19.1 Å². The predicted molar refractivity (Wildman–Crippen MR) is 147 cm³/mol. The number of para-hydroxylation sites is 2. The second kappa shape index (κ2) is 11.5. The molecule has 1 N–H and O–H groups in total. The third-order valence-electron chi connectivity index (χ3n) is 6.66. The summed E-state index contributed by atoms with van der Waals surface area (Å²) < 4.78 is 15.4. The van der Waals surface area contributed by atoms with E-state index in [0.717, 1.165) is 19.5 Å². The maximum Gasteiger partial charge on any atom is 0.213 e. The minimum absolute atomic E-state index is 0.197. The molecule has 5 rings (SSSR count). The summed E-state index contributed by atoms with van der Waals surface area (Å²) in [7, 11) is 1.69. The van der Waals surface area contributed by atoms with Crippen molar-refractivity contribution in [2.75, 3.05) is 33.5 Å². The molecule has 0 spiro atoms. The normalized spacial score (nSPS) is 11.9. The van der Waals surface area contributed by atoms with Gasteiger partial charge in [-0.25, -0.2) is 0 Å². The van der Waals surface area contributed by atoms with Crippen LogP contribution in [0, 0.1) is 0 Å². The van der Waals surface area contributed by atoms with Crippen molar-refractivity contribution in [1.29, 1.82) is 0 Å². The number of aliphatic hydroxyl groups is 1. The highest BCUT2D eigenvalue weighted by Crippen LogP contribution is 2.30. The first-order valence-corrected chi connectivity index (χ1v) is 12.6. The van der Waals surface area contributed by atoms with Crippen molar-refractivity contribution >= 4 is 44.9 Å². The van der Waals surface area contributed by atoms with E-state index >= 15 is 0 Å². The molecule has 3 aromatic carbocycles. The summed E-state index contributed by atoms with van der Waals surface area (Å²) in [6.45, 7) is 3.68. The zero-order valence-electron chi connectivity index (χ0n) is 20.8. The lowest BCUT2D eigenvalue weighted by molar-refractivity contribution is -0.672. The molecule has 5 aromatic rings. The molecule has 0 saturated carbocycles. The maximum atomic E-state index is 9.24. The maximum absolute atomic E-state index is 9.24. The van der Waals surface area contributed by atoms with Crippen LogP contribution in [0.15, 0.2) is 79.0 Å². The van der Waals surface area contributed by atoms with Crippen LogP contribution >= 0.6 is 0 Å². The summed E-state index contributed by atoms with van der Waals surface area (Å²) in [5, 5.41) is 13.0. The average molecular weight is 482 g/mol. The van der Waals surface area contributed by atoms with Crippen LogP contribution in [0.2, 0.25) is 0 Å². The van der Waals surface area contributed by atoms with Gasteiger partial charge < -0.3 is 19.1 Å². The van der Waals surface area contributed by atoms with Gasteiger partial charge in [-0.2, -0.15) is 4.57 Å². The lowest BCUT2D eigenvalue weighted by atomic mass is 10.1. The Bertz CT molecular complexity index is 1500. The zero-order chi connectivity index (χ0) is 24.7. The Morgan fingerprint density at radius 3 is 2.50 bits per heavy atom. The van der Waals surface area contributed by atoms with Crippen molar-refractivity contribution in [2.24, 2.45) is 0 Å². The molecule has 2 heterocycles. The quantitative estimate of drug-likeness (QED) is 0.202. The molecule has 5 nitrogen and oxygen atoms in total. The number of benzene rings is 3. The number of hydrogen-bond acceptors (Lipinski definition) is 3. The Hall–Kier alpha value is -3.51. The third-order valence-corrected chi connectivity index (χ3v) is 6.66. The number of pyridine rings is 1. The van der Waals surface area contributed by atoms with Gasteiger partial charge in [0.15, 0.2) is 12.7 Å². The smallest absolute Gasteiger partial charge is 0.213 e. The van der Waals surface area contributed by atoms with Crippen molar-refractivity contribution in [2.45, 2.75) is 19.5 Å². The topological polar surface area (TPSA) is 47.5 Å². The van der Waals surface area contributed by atoms with Gasteiger partial charge in [-0.05, 0) is 35.4 Å². The summed E-state index contributed by atoms with van der Waals surface area (Å²) in [6, 6.07) is 25.9. The van der Waals surface area contributed by atoms with E-state index in [-0.39, 0.29) is 6.61 Å². The summed E-state index contributed by atoms with van der Waals surface area (Å²) in [4.78, 5) is 0. The molecule has 0 aliphatic carbocycles. The molecule has 0 unspecified atom stereocenters. The Kier molecular flexibility index (Phi) is 7.72. The molecule has 0 atom stereocenters. The van der Waals surface area contributed by atoms with Gasteiger partial charge in [0, 0.05) is 60.6 Å². The number of fused-ring (bicyclic) bond motifs is 4. The van der Waals surface area contributed by atoms with Crippen LogP contribution in [0.5, 0.6) is 0 Å². The first-order chi connectivity index (χ1) is 17.8. The van der Waals surface area contributed by atoms with Crippen molar-refractivity contribution in [3.8, 4) is 0 Å². The molecule has 0 saturated heterocycles. The van der Waals surface area contributed by atoms with Crippen molar-refractivity contribution in [3.63, 3.8) is 0 Å². The monoisotopic (exact) mass is 481 g/mol. The number of rotatable bonds is 11. The second-order valence-corrected chi connectivity index (χ2v) is 8.94. The minimum atomic E-state index is 0.197. The molecule has 36 heavy (non-hydrogen) atoms. The molecule has 184 valence electrons. The number of aromatic nitrogens is 2. The van der Waals surface area contributed by atoms with Crippen molar-refractivity contribution in [1.82, 2.24) is 4.57 Å². The summed E-state index contributed by atoms with van der Waals surface area (Å²) in [5.74, 6) is 0. The first-order valence-electron chi connectivity index (χ1n) is 12.6. The van der Waals surface area contributed by atoms with E-state index in [1.165, 1.54) is 43.8 Å².